The Morgan fingerprint density at radius 1 is 1.53 bits per heavy atom. The van der Waals surface area contributed by atoms with Gasteiger partial charge in [0.2, 0.25) is 11.9 Å². The second kappa shape index (κ2) is 4.72. The van der Waals surface area contributed by atoms with Crippen molar-refractivity contribution in [3.8, 4) is 0 Å². The number of halogens is 1. The maximum Gasteiger partial charge on any atom is 0.240 e. The van der Waals surface area contributed by atoms with E-state index in [1.807, 2.05) is 13.8 Å². The first-order valence-electron chi connectivity index (χ1n) is 4.69. The van der Waals surface area contributed by atoms with Gasteiger partial charge >= 0.3 is 0 Å². The molecule has 0 saturated carbocycles. The second-order valence-electron chi connectivity index (χ2n) is 3.61. The van der Waals surface area contributed by atoms with Crippen molar-refractivity contribution in [3.05, 3.63) is 24.1 Å². The van der Waals surface area contributed by atoms with Crippen molar-refractivity contribution in [2.24, 2.45) is 11.7 Å². The van der Waals surface area contributed by atoms with Crippen LogP contribution in [0.5, 0.6) is 0 Å². The van der Waals surface area contributed by atoms with Crippen LogP contribution in [0.15, 0.2) is 18.2 Å². The molecule has 0 saturated heterocycles. The van der Waals surface area contributed by atoms with Crippen LogP contribution in [-0.2, 0) is 4.79 Å². The Bertz CT molecular complexity index is 354. The van der Waals surface area contributed by atoms with Crippen LogP contribution in [0.4, 0.5) is 10.2 Å². The molecule has 1 heterocycles. The number of hydrogen-bond donors (Lipinski definition) is 2. The van der Waals surface area contributed by atoms with Gasteiger partial charge < -0.3 is 11.1 Å². The van der Waals surface area contributed by atoms with E-state index in [1.54, 1.807) is 6.07 Å². The summed E-state index contributed by atoms with van der Waals surface area (Å²) >= 11 is 0. The van der Waals surface area contributed by atoms with Gasteiger partial charge in [-0.05, 0) is 18.1 Å². The molecule has 5 heteroatoms. The zero-order valence-corrected chi connectivity index (χ0v) is 8.70. The van der Waals surface area contributed by atoms with Gasteiger partial charge in [0.1, 0.15) is 11.9 Å². The Kier molecular flexibility index (Phi) is 3.60. The minimum Gasteiger partial charge on any atom is -0.368 e. The molecule has 1 rings (SSSR count). The van der Waals surface area contributed by atoms with E-state index in [-0.39, 0.29) is 5.92 Å². The van der Waals surface area contributed by atoms with Crippen LogP contribution in [-0.4, -0.2) is 16.9 Å². The van der Waals surface area contributed by atoms with Crippen molar-refractivity contribution in [3.63, 3.8) is 0 Å². The Labute approximate surface area is 87.7 Å². The van der Waals surface area contributed by atoms with Crippen molar-refractivity contribution in [2.75, 3.05) is 5.32 Å². The number of rotatable bonds is 4. The lowest BCUT2D eigenvalue weighted by Gasteiger charge is -2.19. The molecule has 0 radical (unpaired) electrons. The van der Waals surface area contributed by atoms with E-state index in [1.165, 1.54) is 12.1 Å². The van der Waals surface area contributed by atoms with E-state index in [2.05, 4.69) is 10.3 Å². The van der Waals surface area contributed by atoms with Gasteiger partial charge in [-0.15, -0.1) is 0 Å². The first kappa shape index (κ1) is 11.4. The average Bonchev–Trinajstić information content (AvgIpc) is 2.13. The molecule has 0 aliphatic carbocycles. The van der Waals surface area contributed by atoms with E-state index < -0.39 is 17.9 Å². The highest BCUT2D eigenvalue weighted by Crippen LogP contribution is 2.10. The molecule has 1 amide bonds. The zero-order valence-electron chi connectivity index (χ0n) is 8.70. The molecule has 0 fully saturated rings. The molecular weight excluding hydrogens is 197 g/mol. The lowest BCUT2D eigenvalue weighted by Crippen LogP contribution is -2.39. The third-order valence-corrected chi connectivity index (χ3v) is 1.99. The molecule has 1 aromatic rings. The molecule has 3 N–H and O–H groups in total. The third-order valence-electron chi connectivity index (χ3n) is 1.99. The van der Waals surface area contributed by atoms with Gasteiger partial charge in [-0.3, -0.25) is 4.79 Å². The first-order chi connectivity index (χ1) is 7.00. The molecule has 0 aliphatic heterocycles. The van der Waals surface area contributed by atoms with Gasteiger partial charge in [0, 0.05) is 0 Å². The van der Waals surface area contributed by atoms with Crippen LogP contribution in [0.3, 0.4) is 0 Å². The molecule has 1 aromatic heterocycles. The molecule has 1 unspecified atom stereocenters. The minimum absolute atomic E-state index is 0.0209. The van der Waals surface area contributed by atoms with Crippen molar-refractivity contribution < 1.29 is 9.18 Å². The Morgan fingerprint density at radius 3 is 2.67 bits per heavy atom. The zero-order chi connectivity index (χ0) is 11.4. The van der Waals surface area contributed by atoms with Crippen molar-refractivity contribution in [1.29, 1.82) is 0 Å². The van der Waals surface area contributed by atoms with Crippen molar-refractivity contribution in [1.82, 2.24) is 4.98 Å². The number of primary amides is 1. The summed E-state index contributed by atoms with van der Waals surface area (Å²) in [5.74, 6) is -0.733. The standard InChI is InChI=1S/C10H14FN3O/c1-6(2)9(10(12)15)14-8-5-3-4-7(11)13-8/h3-6,9H,1-2H3,(H2,12,15)(H,13,14). The number of nitrogens with two attached hydrogens (primary N) is 1. The van der Waals surface area contributed by atoms with Crippen molar-refractivity contribution >= 4 is 11.7 Å². The predicted octanol–water partition coefficient (Wildman–Crippen LogP) is 1.14. The molecule has 4 nitrogen and oxygen atoms in total. The summed E-state index contributed by atoms with van der Waals surface area (Å²) in [4.78, 5) is 14.7. The number of amides is 1. The molecule has 0 bridgehead atoms. The molecular formula is C10H14FN3O. The van der Waals surface area contributed by atoms with Crippen LogP contribution in [0, 0.1) is 11.9 Å². The maximum absolute atomic E-state index is 12.8. The highest BCUT2D eigenvalue weighted by atomic mass is 19.1. The summed E-state index contributed by atoms with van der Waals surface area (Å²) in [6.07, 6.45) is 0. The highest BCUT2D eigenvalue weighted by Gasteiger charge is 2.19. The van der Waals surface area contributed by atoms with Crippen LogP contribution in [0.25, 0.3) is 0 Å². The van der Waals surface area contributed by atoms with E-state index in [0.29, 0.717) is 5.82 Å². The van der Waals surface area contributed by atoms with Gasteiger partial charge in [0.05, 0.1) is 0 Å². The lowest BCUT2D eigenvalue weighted by atomic mass is 10.0. The van der Waals surface area contributed by atoms with E-state index >= 15 is 0 Å². The van der Waals surface area contributed by atoms with Gasteiger partial charge in [0.15, 0.2) is 0 Å². The summed E-state index contributed by atoms with van der Waals surface area (Å²) in [7, 11) is 0. The SMILES string of the molecule is CC(C)C(Nc1cccc(F)n1)C(N)=O. The van der Waals surface area contributed by atoms with E-state index in [0.717, 1.165) is 0 Å². The summed E-state index contributed by atoms with van der Waals surface area (Å²) in [5, 5.41) is 2.79. The normalized spacial score (nSPS) is 12.5. The largest absolute Gasteiger partial charge is 0.368 e. The number of carbonyl (C=O) groups excluding carboxylic acids is 1. The summed E-state index contributed by atoms with van der Waals surface area (Å²) in [6, 6.07) is 3.80. The molecule has 0 spiro atoms. The number of nitrogens with one attached hydrogen (secondary N) is 1. The number of anilines is 1. The fourth-order valence-electron chi connectivity index (χ4n) is 1.21. The number of carbonyl (C=O) groups is 1. The summed E-state index contributed by atoms with van der Waals surface area (Å²) < 4.78 is 12.8. The first-order valence-corrected chi connectivity index (χ1v) is 4.69. The Morgan fingerprint density at radius 2 is 2.20 bits per heavy atom. The summed E-state index contributed by atoms with van der Waals surface area (Å²) in [6.45, 7) is 3.70. The third kappa shape index (κ3) is 3.19. The molecule has 0 aromatic carbocycles. The van der Waals surface area contributed by atoms with Gasteiger partial charge in [-0.2, -0.15) is 4.39 Å². The summed E-state index contributed by atoms with van der Waals surface area (Å²) in [5.41, 5.74) is 5.20. The average molecular weight is 211 g/mol. The minimum atomic E-state index is -0.591. The fraction of sp³-hybridized carbons (Fsp3) is 0.400. The van der Waals surface area contributed by atoms with Gasteiger partial charge in [0.25, 0.3) is 0 Å². The monoisotopic (exact) mass is 211 g/mol. The molecule has 1 atom stereocenters. The van der Waals surface area contributed by atoms with E-state index in [9.17, 15) is 9.18 Å². The number of hydrogen-bond acceptors (Lipinski definition) is 3. The molecule has 0 aliphatic rings. The van der Waals surface area contributed by atoms with Crippen LogP contribution in [0.2, 0.25) is 0 Å². The van der Waals surface area contributed by atoms with Gasteiger partial charge in [-0.25, -0.2) is 4.98 Å². The second-order valence-corrected chi connectivity index (χ2v) is 3.61. The lowest BCUT2D eigenvalue weighted by molar-refractivity contribution is -0.119. The fourth-order valence-corrected chi connectivity index (χ4v) is 1.21. The Balaban J connectivity index is 2.79. The predicted molar refractivity (Wildman–Crippen MR) is 55.6 cm³/mol. The Hall–Kier alpha value is -1.65. The molecule has 82 valence electrons. The molecule has 15 heavy (non-hydrogen) atoms. The quantitative estimate of drug-likeness (QED) is 0.734. The smallest absolute Gasteiger partial charge is 0.240 e. The highest BCUT2D eigenvalue weighted by molar-refractivity contribution is 5.82. The van der Waals surface area contributed by atoms with Crippen LogP contribution >= 0.6 is 0 Å². The number of nitrogens with zero attached hydrogens (tertiary/aromatic N) is 1. The van der Waals surface area contributed by atoms with Crippen LogP contribution < -0.4 is 11.1 Å². The maximum atomic E-state index is 12.8. The number of pyridine rings is 1. The van der Waals surface area contributed by atoms with Crippen LogP contribution in [0.1, 0.15) is 13.8 Å². The van der Waals surface area contributed by atoms with E-state index in [4.69, 9.17) is 5.73 Å². The topological polar surface area (TPSA) is 68.0 Å². The van der Waals surface area contributed by atoms with Gasteiger partial charge in [-0.1, -0.05) is 19.9 Å². The van der Waals surface area contributed by atoms with Crippen molar-refractivity contribution in [2.45, 2.75) is 19.9 Å². The number of aromatic nitrogens is 1.